The first-order valence-electron chi connectivity index (χ1n) is 7.27. The van der Waals surface area contributed by atoms with Crippen molar-refractivity contribution >= 4 is 5.71 Å². The van der Waals surface area contributed by atoms with Crippen LogP contribution < -0.4 is 0 Å². The van der Waals surface area contributed by atoms with Gasteiger partial charge in [0.1, 0.15) is 0 Å². The maximum absolute atomic E-state index is 4.18. The molecule has 0 N–H and O–H groups in total. The molecule has 1 unspecified atom stereocenters. The second-order valence-electron chi connectivity index (χ2n) is 5.32. The quantitative estimate of drug-likeness (QED) is 0.582. The van der Waals surface area contributed by atoms with Gasteiger partial charge >= 0.3 is 0 Å². The van der Waals surface area contributed by atoms with Gasteiger partial charge in [-0.15, -0.1) is 5.10 Å². The van der Waals surface area contributed by atoms with E-state index < -0.39 is 0 Å². The van der Waals surface area contributed by atoms with E-state index in [1.54, 1.807) is 0 Å². The minimum absolute atomic E-state index is 0. The SMILES string of the molecule is C1CCCN=NN=NN=C2CCCC(CCC1)C2.[Mn]. The van der Waals surface area contributed by atoms with Crippen LogP contribution in [0.3, 0.4) is 0 Å². The molecule has 6 heteroatoms. The first-order chi connectivity index (χ1) is 8.95. The summed E-state index contributed by atoms with van der Waals surface area (Å²) in [5.41, 5.74) is 1.19. The Bertz CT molecular complexity index is 327. The van der Waals surface area contributed by atoms with E-state index in [1.807, 2.05) is 0 Å². The van der Waals surface area contributed by atoms with E-state index in [0.29, 0.717) is 0 Å². The van der Waals surface area contributed by atoms with E-state index >= 15 is 0 Å². The van der Waals surface area contributed by atoms with Gasteiger partial charge in [-0.2, -0.15) is 5.11 Å². The third-order valence-corrected chi connectivity index (χ3v) is 3.80. The van der Waals surface area contributed by atoms with Crippen LogP contribution in [-0.4, -0.2) is 12.3 Å². The van der Waals surface area contributed by atoms with Crippen LogP contribution in [0.25, 0.3) is 0 Å². The van der Waals surface area contributed by atoms with Gasteiger partial charge in [0.2, 0.25) is 0 Å². The third-order valence-electron chi connectivity index (χ3n) is 3.80. The van der Waals surface area contributed by atoms with Crippen molar-refractivity contribution in [3.8, 4) is 0 Å². The summed E-state index contributed by atoms with van der Waals surface area (Å²) in [5, 5.41) is 19.2. The molecular formula is C13H23MnN5. The molecule has 2 aliphatic rings. The number of hydrogen-bond acceptors (Lipinski definition) is 5. The molecule has 107 valence electrons. The molecule has 0 aromatic carbocycles. The molecule has 0 saturated heterocycles. The number of fused-ring (bicyclic) bond motifs is 2. The van der Waals surface area contributed by atoms with Crippen molar-refractivity contribution in [3.05, 3.63) is 0 Å². The maximum Gasteiger partial charge on any atom is 0.0621 e. The second kappa shape index (κ2) is 10.2. The zero-order chi connectivity index (χ0) is 12.5. The Balaban J connectivity index is 0.00000180. The molecule has 0 aromatic rings. The maximum atomic E-state index is 4.18. The Kier molecular flexibility index (Phi) is 8.84. The topological polar surface area (TPSA) is 61.8 Å². The van der Waals surface area contributed by atoms with E-state index in [-0.39, 0.29) is 17.1 Å². The fourth-order valence-corrected chi connectivity index (χ4v) is 2.79. The number of nitrogens with zero attached hydrogens (tertiary/aromatic N) is 5. The van der Waals surface area contributed by atoms with E-state index in [4.69, 9.17) is 0 Å². The fraction of sp³-hybridized carbons (Fsp3) is 0.923. The van der Waals surface area contributed by atoms with Gasteiger partial charge in [0.15, 0.2) is 0 Å². The van der Waals surface area contributed by atoms with Gasteiger partial charge < -0.3 is 0 Å². The molecule has 1 heterocycles. The molecule has 0 spiro atoms. The summed E-state index contributed by atoms with van der Waals surface area (Å²) in [6, 6.07) is 0. The van der Waals surface area contributed by atoms with Crippen LogP contribution in [0.1, 0.15) is 64.2 Å². The summed E-state index contributed by atoms with van der Waals surface area (Å²) in [6.07, 6.45) is 12.5. The average molecular weight is 304 g/mol. The zero-order valence-corrected chi connectivity index (χ0v) is 12.6. The van der Waals surface area contributed by atoms with Gasteiger partial charge in [-0.05, 0) is 53.7 Å². The van der Waals surface area contributed by atoms with E-state index in [0.717, 1.165) is 31.7 Å². The minimum atomic E-state index is 0. The summed E-state index contributed by atoms with van der Waals surface area (Å²) in [7, 11) is 0. The van der Waals surface area contributed by atoms with Crippen LogP contribution in [-0.2, 0) is 17.1 Å². The normalized spacial score (nSPS) is 25.7. The molecule has 1 radical (unpaired) electrons. The summed E-state index contributed by atoms with van der Waals surface area (Å²) < 4.78 is 0. The monoisotopic (exact) mass is 304 g/mol. The number of hydrogen-bond donors (Lipinski definition) is 0. The molecular weight excluding hydrogens is 281 g/mol. The van der Waals surface area contributed by atoms with Gasteiger partial charge in [0, 0.05) is 22.8 Å². The largest absolute Gasteiger partial charge is 0.167 e. The second-order valence-corrected chi connectivity index (χ2v) is 5.32. The van der Waals surface area contributed by atoms with Crippen LogP contribution in [0.5, 0.6) is 0 Å². The molecule has 2 rings (SSSR count). The van der Waals surface area contributed by atoms with E-state index in [1.165, 1.54) is 50.7 Å². The van der Waals surface area contributed by atoms with Crippen LogP contribution in [0.2, 0.25) is 0 Å². The first-order valence-corrected chi connectivity index (χ1v) is 7.27. The zero-order valence-electron chi connectivity index (χ0n) is 11.5. The average Bonchev–Trinajstić information content (AvgIpc) is 2.40. The van der Waals surface area contributed by atoms with Crippen molar-refractivity contribution in [2.75, 3.05) is 6.54 Å². The van der Waals surface area contributed by atoms with Gasteiger partial charge in [0.25, 0.3) is 0 Å². The van der Waals surface area contributed by atoms with Crippen molar-refractivity contribution in [2.24, 2.45) is 31.8 Å². The predicted molar refractivity (Wildman–Crippen MR) is 71.7 cm³/mol. The molecule has 1 atom stereocenters. The van der Waals surface area contributed by atoms with E-state index in [2.05, 4.69) is 25.9 Å². The Morgan fingerprint density at radius 1 is 0.789 bits per heavy atom. The standard InChI is InChI=1S/C13H23N5.Mn/c1-2-4-7-12-8-6-9-13(11-12)15-17-18-16-14-10-5-3-1;/h12H,1-11H2;. The smallest absolute Gasteiger partial charge is 0.0621 e. The van der Waals surface area contributed by atoms with Crippen LogP contribution in [0.15, 0.2) is 25.9 Å². The molecule has 1 fully saturated rings. The molecule has 1 aliphatic heterocycles. The van der Waals surface area contributed by atoms with Crippen molar-refractivity contribution < 1.29 is 17.1 Å². The molecule has 0 aromatic heterocycles. The van der Waals surface area contributed by atoms with Gasteiger partial charge in [0.05, 0.1) is 6.54 Å². The summed E-state index contributed by atoms with van der Waals surface area (Å²) in [6.45, 7) is 0.762. The van der Waals surface area contributed by atoms with E-state index in [9.17, 15) is 0 Å². The Hall–Kier alpha value is -0.611. The third kappa shape index (κ3) is 6.92. The fourth-order valence-electron chi connectivity index (χ4n) is 2.79. The van der Waals surface area contributed by atoms with Gasteiger partial charge in [-0.25, -0.2) is 0 Å². The minimum Gasteiger partial charge on any atom is -0.167 e. The molecule has 2 bridgehead atoms. The summed E-state index contributed by atoms with van der Waals surface area (Å²) in [4.78, 5) is 0. The summed E-state index contributed by atoms with van der Waals surface area (Å²) in [5.74, 6) is 0.819. The molecule has 1 aliphatic carbocycles. The van der Waals surface area contributed by atoms with Crippen molar-refractivity contribution in [2.45, 2.75) is 64.2 Å². The van der Waals surface area contributed by atoms with Crippen molar-refractivity contribution in [3.63, 3.8) is 0 Å². The molecule has 5 nitrogen and oxygen atoms in total. The number of rotatable bonds is 0. The van der Waals surface area contributed by atoms with Gasteiger partial charge in [-0.3, -0.25) is 0 Å². The Morgan fingerprint density at radius 2 is 1.58 bits per heavy atom. The Morgan fingerprint density at radius 3 is 2.53 bits per heavy atom. The first kappa shape index (κ1) is 16.4. The van der Waals surface area contributed by atoms with Crippen LogP contribution in [0.4, 0.5) is 0 Å². The summed E-state index contributed by atoms with van der Waals surface area (Å²) >= 11 is 0. The molecule has 19 heavy (non-hydrogen) atoms. The van der Waals surface area contributed by atoms with Crippen molar-refractivity contribution in [1.82, 2.24) is 0 Å². The van der Waals surface area contributed by atoms with Crippen LogP contribution >= 0.6 is 0 Å². The Labute approximate surface area is 125 Å². The predicted octanol–water partition coefficient (Wildman–Crippen LogP) is 4.70. The van der Waals surface area contributed by atoms with Crippen LogP contribution in [0, 0.1) is 5.92 Å². The molecule has 1 saturated carbocycles. The van der Waals surface area contributed by atoms with Gasteiger partial charge in [-0.1, -0.05) is 32.1 Å². The molecule has 0 amide bonds. The van der Waals surface area contributed by atoms with Crippen molar-refractivity contribution in [1.29, 1.82) is 0 Å².